The zero-order chi connectivity index (χ0) is 19.6. The molecule has 2 fully saturated rings. The molecule has 0 radical (unpaired) electrons. The van der Waals surface area contributed by atoms with Crippen LogP contribution in [0.2, 0.25) is 5.02 Å². The van der Waals surface area contributed by atoms with Crippen molar-refractivity contribution in [1.82, 2.24) is 15.1 Å². The smallest absolute Gasteiger partial charge is 0.230 e. The highest BCUT2D eigenvalue weighted by Gasteiger charge is 2.51. The van der Waals surface area contributed by atoms with Crippen molar-refractivity contribution >= 4 is 17.5 Å². The number of hydrogen-bond donors (Lipinski definition) is 1. The fourth-order valence-corrected chi connectivity index (χ4v) is 4.20. The van der Waals surface area contributed by atoms with Gasteiger partial charge in [-0.3, -0.25) is 9.69 Å². The molecule has 1 aliphatic carbocycles. The Bertz CT molecular complexity index is 841. The van der Waals surface area contributed by atoms with Crippen molar-refractivity contribution in [2.75, 3.05) is 33.2 Å². The number of rotatable bonds is 6. The maximum absolute atomic E-state index is 12.9. The van der Waals surface area contributed by atoms with Crippen LogP contribution in [0.4, 0.5) is 0 Å². The van der Waals surface area contributed by atoms with E-state index in [0.29, 0.717) is 11.6 Å². The number of nitrogens with one attached hydrogen (secondary N) is 1. The Hall–Kier alpha value is -1.88. The average molecular weight is 398 g/mol. The molecule has 0 atom stereocenters. The predicted octanol–water partition coefficient (Wildman–Crippen LogP) is 3.44. The van der Waals surface area contributed by atoms with Gasteiger partial charge in [0, 0.05) is 44.3 Å². The van der Waals surface area contributed by atoms with Crippen LogP contribution in [0.15, 0.2) is 48.5 Å². The van der Waals surface area contributed by atoms with E-state index in [1.165, 1.54) is 5.56 Å². The normalized spacial score (nSPS) is 19.4. The van der Waals surface area contributed by atoms with Crippen molar-refractivity contribution in [2.24, 2.45) is 0 Å². The van der Waals surface area contributed by atoms with Crippen LogP contribution >= 0.6 is 11.6 Å². The number of carbonyl (C=O) groups excluding carboxylic acids is 1. The van der Waals surface area contributed by atoms with E-state index in [9.17, 15) is 4.79 Å². The monoisotopic (exact) mass is 397 g/mol. The van der Waals surface area contributed by atoms with E-state index in [1.807, 2.05) is 24.3 Å². The Kier molecular flexibility index (Phi) is 5.72. The standard InChI is InChI=1S/C23H28ClN3O/c1-26-10-12-27(13-11-26)17-19-5-2-4-18(14-19)16-25-22(28)23(8-9-23)20-6-3-7-21(24)15-20/h2-7,14-15H,8-13,16-17H2,1H3,(H,25,28). The molecule has 1 saturated carbocycles. The van der Waals surface area contributed by atoms with Gasteiger partial charge in [-0.2, -0.15) is 0 Å². The van der Waals surface area contributed by atoms with Crippen LogP contribution in [0.5, 0.6) is 0 Å². The number of piperazine rings is 1. The lowest BCUT2D eigenvalue weighted by Gasteiger charge is -2.32. The van der Waals surface area contributed by atoms with Crippen LogP contribution in [0, 0.1) is 0 Å². The Morgan fingerprint density at radius 1 is 1.04 bits per heavy atom. The van der Waals surface area contributed by atoms with Gasteiger partial charge < -0.3 is 10.2 Å². The Morgan fingerprint density at radius 3 is 2.46 bits per heavy atom. The quantitative estimate of drug-likeness (QED) is 0.811. The summed E-state index contributed by atoms with van der Waals surface area (Å²) in [4.78, 5) is 17.7. The molecule has 2 aromatic rings. The number of carbonyl (C=O) groups is 1. The van der Waals surface area contributed by atoms with Crippen LogP contribution in [-0.4, -0.2) is 48.9 Å². The minimum absolute atomic E-state index is 0.110. The van der Waals surface area contributed by atoms with Crippen LogP contribution in [-0.2, 0) is 23.3 Å². The SMILES string of the molecule is CN1CCN(Cc2cccc(CNC(=O)C3(c4cccc(Cl)c4)CC3)c2)CC1. The number of hydrogen-bond acceptors (Lipinski definition) is 3. The summed E-state index contributed by atoms with van der Waals surface area (Å²) in [6, 6.07) is 16.3. The minimum atomic E-state index is -0.387. The van der Waals surface area contributed by atoms with Gasteiger partial charge in [0.15, 0.2) is 0 Å². The first-order chi connectivity index (χ1) is 13.5. The van der Waals surface area contributed by atoms with E-state index in [0.717, 1.165) is 56.7 Å². The molecule has 4 nitrogen and oxygen atoms in total. The fraction of sp³-hybridized carbons (Fsp3) is 0.435. The molecule has 148 valence electrons. The van der Waals surface area contributed by atoms with Crippen LogP contribution in [0.3, 0.4) is 0 Å². The Morgan fingerprint density at radius 2 is 1.75 bits per heavy atom. The lowest BCUT2D eigenvalue weighted by molar-refractivity contribution is -0.123. The molecule has 0 spiro atoms. The van der Waals surface area contributed by atoms with Crippen LogP contribution in [0.1, 0.15) is 29.5 Å². The third-order valence-electron chi connectivity index (χ3n) is 6.01. The van der Waals surface area contributed by atoms with Crippen LogP contribution in [0.25, 0.3) is 0 Å². The highest BCUT2D eigenvalue weighted by Crippen LogP contribution is 2.48. The molecule has 5 heteroatoms. The highest BCUT2D eigenvalue weighted by molar-refractivity contribution is 6.30. The van der Waals surface area contributed by atoms with Crippen molar-refractivity contribution in [3.63, 3.8) is 0 Å². The maximum atomic E-state index is 12.9. The minimum Gasteiger partial charge on any atom is -0.351 e. The predicted molar refractivity (Wildman–Crippen MR) is 113 cm³/mol. The van der Waals surface area contributed by atoms with E-state index < -0.39 is 0 Å². The van der Waals surface area contributed by atoms with Gasteiger partial charge in [0.1, 0.15) is 0 Å². The van der Waals surface area contributed by atoms with E-state index in [4.69, 9.17) is 11.6 Å². The number of amides is 1. The van der Waals surface area contributed by atoms with Gasteiger partial charge in [0.25, 0.3) is 0 Å². The third kappa shape index (κ3) is 4.40. The third-order valence-corrected chi connectivity index (χ3v) is 6.24. The molecule has 28 heavy (non-hydrogen) atoms. The first-order valence-corrected chi connectivity index (χ1v) is 10.5. The van der Waals surface area contributed by atoms with Crippen molar-refractivity contribution in [1.29, 1.82) is 0 Å². The number of benzene rings is 2. The van der Waals surface area contributed by atoms with Gasteiger partial charge in [0.05, 0.1) is 5.41 Å². The summed E-state index contributed by atoms with van der Waals surface area (Å²) >= 11 is 6.12. The van der Waals surface area contributed by atoms with E-state index in [-0.39, 0.29) is 11.3 Å². The second kappa shape index (κ2) is 8.24. The van der Waals surface area contributed by atoms with Crippen molar-refractivity contribution in [3.05, 3.63) is 70.2 Å². The molecule has 4 rings (SSSR count). The summed E-state index contributed by atoms with van der Waals surface area (Å²) in [5.74, 6) is 0.110. The molecular weight excluding hydrogens is 370 g/mol. The first-order valence-electron chi connectivity index (χ1n) is 10.1. The number of nitrogens with zero attached hydrogens (tertiary/aromatic N) is 2. The van der Waals surface area contributed by atoms with E-state index in [2.05, 4.69) is 46.4 Å². The zero-order valence-electron chi connectivity index (χ0n) is 16.5. The van der Waals surface area contributed by atoms with Crippen molar-refractivity contribution < 1.29 is 4.79 Å². The summed E-state index contributed by atoms with van der Waals surface area (Å²) in [7, 11) is 2.18. The molecule has 1 saturated heterocycles. The second-order valence-electron chi connectivity index (χ2n) is 8.17. The largest absolute Gasteiger partial charge is 0.351 e. The first kappa shape index (κ1) is 19.4. The fourth-order valence-electron chi connectivity index (χ4n) is 4.01. The Balaban J connectivity index is 1.35. The molecule has 0 bridgehead atoms. The number of likely N-dealkylation sites (N-methyl/N-ethyl adjacent to an activating group) is 1. The molecule has 1 N–H and O–H groups in total. The molecule has 1 amide bonds. The van der Waals surface area contributed by atoms with Gasteiger partial charge in [-0.1, -0.05) is 48.0 Å². The maximum Gasteiger partial charge on any atom is 0.230 e. The molecule has 1 heterocycles. The molecule has 2 aliphatic rings. The number of halogens is 1. The molecule has 0 unspecified atom stereocenters. The zero-order valence-corrected chi connectivity index (χ0v) is 17.2. The lowest BCUT2D eigenvalue weighted by Crippen LogP contribution is -2.43. The Labute approximate surface area is 172 Å². The van der Waals surface area contributed by atoms with Crippen molar-refractivity contribution in [3.8, 4) is 0 Å². The van der Waals surface area contributed by atoms with Crippen molar-refractivity contribution in [2.45, 2.75) is 31.3 Å². The van der Waals surface area contributed by atoms with Gasteiger partial charge in [-0.15, -0.1) is 0 Å². The second-order valence-corrected chi connectivity index (χ2v) is 8.61. The van der Waals surface area contributed by atoms with Gasteiger partial charge in [-0.25, -0.2) is 0 Å². The van der Waals surface area contributed by atoms with Gasteiger partial charge >= 0.3 is 0 Å². The highest BCUT2D eigenvalue weighted by atomic mass is 35.5. The molecular formula is C23H28ClN3O. The summed E-state index contributed by atoms with van der Waals surface area (Å²) < 4.78 is 0. The van der Waals surface area contributed by atoms with Gasteiger partial charge in [-0.05, 0) is 48.7 Å². The lowest BCUT2D eigenvalue weighted by atomic mass is 9.95. The summed E-state index contributed by atoms with van der Waals surface area (Å²) in [5.41, 5.74) is 3.11. The van der Waals surface area contributed by atoms with Gasteiger partial charge in [0.2, 0.25) is 5.91 Å². The summed E-state index contributed by atoms with van der Waals surface area (Å²) in [5, 5.41) is 3.84. The molecule has 2 aromatic carbocycles. The summed E-state index contributed by atoms with van der Waals surface area (Å²) in [6.07, 6.45) is 1.78. The average Bonchev–Trinajstić information content (AvgIpc) is 3.50. The van der Waals surface area contributed by atoms with E-state index in [1.54, 1.807) is 0 Å². The van der Waals surface area contributed by atoms with E-state index >= 15 is 0 Å². The molecule has 0 aromatic heterocycles. The summed E-state index contributed by atoms with van der Waals surface area (Å²) in [6.45, 7) is 6.02. The molecule has 1 aliphatic heterocycles. The van der Waals surface area contributed by atoms with Crippen LogP contribution < -0.4 is 5.32 Å². The topological polar surface area (TPSA) is 35.6 Å².